The molecule has 0 aliphatic heterocycles. The molecule has 10 heavy (non-hydrogen) atoms. The third-order valence-corrected chi connectivity index (χ3v) is 0.219. The van der Waals surface area contributed by atoms with Crippen LogP contribution in [0.5, 0.6) is 0 Å². The molecular weight excluding hydrogens is 282 g/mol. The van der Waals surface area contributed by atoms with Crippen LogP contribution in [0.4, 0.5) is 0 Å². The summed E-state index contributed by atoms with van der Waals surface area (Å²) in [6.45, 7) is 0. The van der Waals surface area contributed by atoms with Crippen LogP contribution in [0.25, 0.3) is 0 Å². The van der Waals surface area contributed by atoms with Gasteiger partial charge in [-0.3, -0.25) is 0 Å². The fourth-order valence-electron chi connectivity index (χ4n) is 0.0680. The summed E-state index contributed by atoms with van der Waals surface area (Å²) in [4.78, 5) is 18.3. The number of hydrogen-bond donors (Lipinski definition) is 0. The Morgan fingerprint density at radius 1 is 0.800 bits per heavy atom. The maximum Gasteiger partial charge on any atom is 0 e. The van der Waals surface area contributed by atoms with Gasteiger partial charge in [0.05, 0.1) is 0 Å². The summed E-state index contributed by atoms with van der Waals surface area (Å²) in [5.41, 5.74) is 0. The summed E-state index contributed by atoms with van der Waals surface area (Å²) >= 11 is 0. The molecule has 54 valence electrons. The van der Waals surface area contributed by atoms with Crippen LogP contribution in [0.2, 0.25) is 0 Å². The van der Waals surface area contributed by atoms with Crippen molar-refractivity contribution in [1.29, 1.82) is 0 Å². The predicted molar refractivity (Wildman–Crippen MR) is 33.4 cm³/mol. The van der Waals surface area contributed by atoms with Gasteiger partial charge in [-0.2, -0.15) is 0 Å². The summed E-state index contributed by atoms with van der Waals surface area (Å²) < 4.78 is 0. The number of hydrogen-bond acceptors (Lipinski definition) is 2. The number of allylic oxidation sites excluding steroid dienone is 2. The van der Waals surface area contributed by atoms with Crippen LogP contribution >= 0.6 is 0 Å². The van der Waals surface area contributed by atoms with Crippen molar-refractivity contribution < 1.29 is 75.0 Å². The Morgan fingerprint density at radius 3 is 1.10 bits per heavy atom. The van der Waals surface area contributed by atoms with Gasteiger partial charge < -0.3 is 36.6 Å². The average molecular weight is 290 g/mol. The van der Waals surface area contributed by atoms with Crippen molar-refractivity contribution in [3.05, 3.63) is 27.0 Å². The van der Waals surface area contributed by atoms with Crippen molar-refractivity contribution in [3.63, 3.8) is 0 Å². The summed E-state index contributed by atoms with van der Waals surface area (Å²) in [5, 5.41) is 0. The molecule has 0 aromatic heterocycles. The fourth-order valence-corrected chi connectivity index (χ4v) is 0.0680. The minimum Gasteiger partial charge on any atom is -0.440 e. The average Bonchev–Trinajstić information content (AvgIpc) is 1.61. The third-order valence-electron chi connectivity index (χ3n) is 0.219. The van der Waals surface area contributed by atoms with Crippen molar-refractivity contribution in [3.8, 4) is 0 Å². The van der Waals surface area contributed by atoms with Crippen LogP contribution in [0.3, 0.4) is 0 Å². The van der Waals surface area contributed by atoms with Crippen LogP contribution in [-0.4, -0.2) is 12.6 Å². The van der Waals surface area contributed by atoms with Gasteiger partial charge >= 0.3 is 0 Å². The maximum atomic E-state index is 9.17. The van der Waals surface area contributed by atoms with Crippen LogP contribution in [0.1, 0.15) is 0 Å². The molecule has 2 radical (unpaired) electrons. The van der Waals surface area contributed by atoms with E-state index in [1.165, 1.54) is 12.6 Å². The largest absolute Gasteiger partial charge is 0.440 e. The van der Waals surface area contributed by atoms with E-state index in [1.807, 2.05) is 0 Å². The van der Waals surface area contributed by atoms with Gasteiger partial charge in [-0.15, -0.1) is 12.6 Å². The van der Waals surface area contributed by atoms with Gasteiger partial charge in [-0.25, -0.2) is 0 Å². The maximum absolute atomic E-state index is 9.17. The minimum absolute atomic E-state index is 0. The Kier molecular flexibility index (Phi) is 95.9. The monoisotopic (exact) mass is 290 g/mol. The molecule has 4 heteroatoms. The first-order valence-corrected chi connectivity index (χ1v) is 1.32. The quantitative estimate of drug-likeness (QED) is 0.553. The van der Waals surface area contributed by atoms with Gasteiger partial charge in [-0.1, -0.05) is 0 Å². The van der Waals surface area contributed by atoms with Gasteiger partial charge in [0.25, 0.3) is 0 Å². The Morgan fingerprint density at radius 2 is 1.00 bits per heavy atom. The van der Waals surface area contributed by atoms with Crippen LogP contribution in [0.15, 0.2) is 12.2 Å². The molecule has 0 aromatic rings. The molecule has 0 spiro atoms. The second kappa shape index (κ2) is 31.7. The van der Waals surface area contributed by atoms with Gasteiger partial charge in [0, 0.05) is 65.4 Å². The summed E-state index contributed by atoms with van der Waals surface area (Å²) in [5.74, 6) is 0. The van der Waals surface area contributed by atoms with Crippen LogP contribution < -0.4 is 0 Å². The van der Waals surface area contributed by atoms with Gasteiger partial charge in [0.1, 0.15) is 0 Å². The van der Waals surface area contributed by atoms with Crippen molar-refractivity contribution >= 4 is 12.6 Å². The molecule has 0 saturated carbocycles. The van der Waals surface area contributed by atoms with E-state index in [2.05, 4.69) is 0 Å². The standard InChI is InChI=1S/C4H2O2.2CH3.2Y/c5-3-1-2-4-6;;;;/h1-2H;2*1H3;;/q-2;2*-1;;/b2-1-;;;;. The zero-order valence-electron chi connectivity index (χ0n) is 6.13. The number of carbonyl (C=O) groups excluding carboxylic acids is 2. The first kappa shape index (κ1) is 30.2. The predicted octanol–water partition coefficient (Wildman–Crippen LogP) is 0.658. The first-order valence-electron chi connectivity index (χ1n) is 1.32. The van der Waals surface area contributed by atoms with Crippen LogP contribution in [0, 0.1) is 14.9 Å². The summed E-state index contributed by atoms with van der Waals surface area (Å²) in [6, 6.07) is 0. The van der Waals surface area contributed by atoms with Crippen molar-refractivity contribution in [2.24, 2.45) is 0 Å². The normalized spacial score (nSPS) is 5.20. The van der Waals surface area contributed by atoms with Gasteiger partial charge in [0.2, 0.25) is 0 Å². The molecule has 0 aliphatic rings. The molecule has 0 rings (SSSR count). The van der Waals surface area contributed by atoms with Gasteiger partial charge in [0.15, 0.2) is 0 Å². The Balaban J connectivity index is -0.0000000208. The molecule has 0 aliphatic carbocycles. The second-order valence-electron chi connectivity index (χ2n) is 0.569. The molecule has 0 amide bonds. The Hall–Kier alpha value is 1.29. The van der Waals surface area contributed by atoms with Crippen molar-refractivity contribution in [1.82, 2.24) is 0 Å². The van der Waals surface area contributed by atoms with E-state index in [4.69, 9.17) is 0 Å². The second-order valence-corrected chi connectivity index (χ2v) is 0.569. The van der Waals surface area contributed by atoms with E-state index >= 15 is 0 Å². The summed E-state index contributed by atoms with van der Waals surface area (Å²) in [7, 11) is 0. The van der Waals surface area contributed by atoms with E-state index in [1.54, 1.807) is 0 Å². The molecule has 0 saturated heterocycles. The molecular formula is C6H8O2Y2-4. The van der Waals surface area contributed by atoms with E-state index < -0.39 is 0 Å². The first-order chi connectivity index (χ1) is 2.91. The number of rotatable bonds is 2. The third kappa shape index (κ3) is 34.7. The van der Waals surface area contributed by atoms with Crippen molar-refractivity contribution in [2.45, 2.75) is 0 Å². The minimum atomic E-state index is 0. The van der Waals surface area contributed by atoms with E-state index in [-0.39, 0.29) is 80.3 Å². The zero-order valence-corrected chi connectivity index (χ0v) is 11.8. The van der Waals surface area contributed by atoms with E-state index in [9.17, 15) is 9.59 Å². The van der Waals surface area contributed by atoms with E-state index in [0.717, 1.165) is 12.2 Å². The SMILES string of the molecule is O=[C-]/C=C\[C-]=O.[CH3-].[CH3-].[Y].[Y]. The topological polar surface area (TPSA) is 34.1 Å². The summed E-state index contributed by atoms with van der Waals surface area (Å²) in [6.07, 6.45) is 4.65. The Labute approximate surface area is 113 Å². The Bertz CT molecular complexity index is 71.8. The van der Waals surface area contributed by atoms with Crippen LogP contribution in [-0.2, 0) is 75.0 Å². The molecule has 0 aromatic carbocycles. The smallest absolute Gasteiger partial charge is 0 e. The zero-order chi connectivity index (χ0) is 4.83. The molecule has 0 unspecified atom stereocenters. The molecule has 0 fully saturated rings. The molecule has 0 atom stereocenters. The molecule has 0 heterocycles. The van der Waals surface area contributed by atoms with E-state index in [0.29, 0.717) is 0 Å². The van der Waals surface area contributed by atoms with Crippen molar-refractivity contribution in [2.75, 3.05) is 0 Å². The molecule has 2 nitrogen and oxygen atoms in total. The fraction of sp³-hybridized carbons (Fsp3) is 0. The molecule has 0 bridgehead atoms. The van der Waals surface area contributed by atoms with Gasteiger partial charge in [-0.05, 0) is 0 Å². The molecule has 0 N–H and O–H groups in total.